The lowest BCUT2D eigenvalue weighted by Gasteiger charge is -2.35. The first-order chi connectivity index (χ1) is 16.3. The Balaban J connectivity index is 1.50. The molecule has 3 heterocycles. The number of carbonyl (C=O) groups excluding carboxylic acids is 1. The van der Waals surface area contributed by atoms with E-state index in [0.29, 0.717) is 50.8 Å². The number of aryl methyl sites for hydroxylation is 1. The number of hydrogen-bond acceptors (Lipinski definition) is 6. The Morgan fingerprint density at radius 3 is 2.44 bits per heavy atom. The fourth-order valence-corrected chi connectivity index (χ4v) is 6.07. The Morgan fingerprint density at radius 2 is 1.82 bits per heavy atom. The maximum Gasteiger partial charge on any atom is 0.263 e. The van der Waals surface area contributed by atoms with Crippen LogP contribution in [0.4, 0.5) is 5.69 Å². The summed E-state index contributed by atoms with van der Waals surface area (Å²) >= 11 is 6.11. The van der Waals surface area contributed by atoms with Crippen LogP contribution in [0.2, 0.25) is 5.02 Å². The average Bonchev–Trinajstić information content (AvgIpc) is 3.30. The molecule has 0 N–H and O–H groups in total. The highest BCUT2D eigenvalue weighted by atomic mass is 35.5. The van der Waals surface area contributed by atoms with E-state index >= 15 is 0 Å². The van der Waals surface area contributed by atoms with E-state index in [1.807, 2.05) is 37.3 Å². The van der Waals surface area contributed by atoms with E-state index in [-0.39, 0.29) is 16.5 Å². The van der Waals surface area contributed by atoms with Gasteiger partial charge in [-0.15, -0.1) is 6.58 Å². The zero-order valence-electron chi connectivity index (χ0n) is 19.4. The van der Waals surface area contributed by atoms with Gasteiger partial charge in [0.1, 0.15) is 0 Å². The van der Waals surface area contributed by atoms with Gasteiger partial charge >= 0.3 is 0 Å². The number of sulfonamides is 1. The summed E-state index contributed by atoms with van der Waals surface area (Å²) < 4.78 is 30.1. The third kappa shape index (κ3) is 5.14. The molecular weight excluding hydrogens is 476 g/mol. The Morgan fingerprint density at radius 1 is 1.12 bits per heavy atom. The van der Waals surface area contributed by atoms with Crippen molar-refractivity contribution in [2.45, 2.75) is 18.5 Å². The molecule has 1 aromatic heterocycles. The monoisotopic (exact) mass is 506 g/mol. The van der Waals surface area contributed by atoms with Crippen molar-refractivity contribution in [1.29, 1.82) is 0 Å². The molecule has 0 bridgehead atoms. The molecule has 184 valence electrons. The summed E-state index contributed by atoms with van der Waals surface area (Å²) in [6.45, 7) is 11.1. The van der Waals surface area contributed by atoms with Crippen LogP contribution in [0.1, 0.15) is 17.3 Å². The van der Waals surface area contributed by atoms with E-state index in [0.717, 1.165) is 25.3 Å². The van der Waals surface area contributed by atoms with E-state index in [1.54, 1.807) is 11.1 Å². The lowest BCUT2D eigenvalue weighted by Crippen LogP contribution is -2.50. The van der Waals surface area contributed by atoms with Crippen LogP contribution < -0.4 is 4.90 Å². The maximum absolute atomic E-state index is 13.6. The number of piperazine rings is 2. The van der Waals surface area contributed by atoms with Crippen molar-refractivity contribution in [1.82, 2.24) is 23.9 Å². The summed E-state index contributed by atoms with van der Waals surface area (Å²) in [4.78, 5) is 19.4. The van der Waals surface area contributed by atoms with E-state index < -0.39 is 10.0 Å². The largest absolute Gasteiger partial charge is 0.369 e. The van der Waals surface area contributed by atoms with Gasteiger partial charge in [-0.25, -0.2) is 8.42 Å². The molecule has 2 saturated heterocycles. The zero-order chi connectivity index (χ0) is 24.3. The number of amides is 1. The van der Waals surface area contributed by atoms with Crippen LogP contribution in [0.3, 0.4) is 0 Å². The molecule has 0 atom stereocenters. The summed E-state index contributed by atoms with van der Waals surface area (Å²) in [6.07, 6.45) is 3.41. The number of aromatic nitrogens is 2. The number of carbonyl (C=O) groups is 1. The molecular formula is C23H31ClN6O3S. The van der Waals surface area contributed by atoms with E-state index in [4.69, 9.17) is 11.6 Å². The average molecular weight is 507 g/mol. The van der Waals surface area contributed by atoms with Gasteiger partial charge in [0.05, 0.1) is 5.56 Å². The van der Waals surface area contributed by atoms with Gasteiger partial charge in [-0.05, 0) is 25.1 Å². The molecule has 11 heteroatoms. The molecule has 0 radical (unpaired) electrons. The first-order valence-corrected chi connectivity index (χ1v) is 13.4. The zero-order valence-corrected chi connectivity index (χ0v) is 21.0. The van der Waals surface area contributed by atoms with Crippen LogP contribution in [0.5, 0.6) is 0 Å². The Labute approximate surface area is 206 Å². The maximum atomic E-state index is 13.6. The third-order valence-electron chi connectivity index (χ3n) is 6.33. The molecule has 1 aromatic carbocycles. The topological polar surface area (TPSA) is 82.0 Å². The number of nitrogens with zero attached hydrogens (tertiary/aromatic N) is 6. The van der Waals surface area contributed by atoms with Crippen molar-refractivity contribution in [2.24, 2.45) is 0 Å². The number of anilines is 1. The van der Waals surface area contributed by atoms with Crippen LogP contribution in [-0.2, 0) is 16.6 Å². The lowest BCUT2D eigenvalue weighted by molar-refractivity contribution is 0.0646. The number of rotatable bonds is 7. The lowest BCUT2D eigenvalue weighted by atomic mass is 10.2. The van der Waals surface area contributed by atoms with Crippen LogP contribution in [0.25, 0.3) is 0 Å². The molecule has 0 unspecified atom stereocenters. The van der Waals surface area contributed by atoms with Crippen molar-refractivity contribution in [3.8, 4) is 0 Å². The summed E-state index contributed by atoms with van der Waals surface area (Å²) in [5.41, 5.74) is 1.11. The van der Waals surface area contributed by atoms with E-state index in [9.17, 15) is 13.2 Å². The molecule has 34 heavy (non-hydrogen) atoms. The number of hydrogen-bond donors (Lipinski definition) is 0. The van der Waals surface area contributed by atoms with Gasteiger partial charge < -0.3 is 9.80 Å². The first-order valence-electron chi connectivity index (χ1n) is 11.5. The highest BCUT2D eigenvalue weighted by Gasteiger charge is 2.36. The summed E-state index contributed by atoms with van der Waals surface area (Å²) in [6, 6.07) is 7.53. The standard InChI is InChI=1S/C23H31ClN6O3S/c1-3-8-26-9-11-28(12-10-26)23(31)21-18-29(4-2)25-22(21)34(32,33)30-15-13-27(14-16-30)20-7-5-6-19(24)17-20/h3,5-7,17-18H,1,4,8-16H2,2H3. The highest BCUT2D eigenvalue weighted by Crippen LogP contribution is 2.25. The van der Waals surface area contributed by atoms with Crippen LogP contribution in [0.15, 0.2) is 48.1 Å². The fourth-order valence-electron chi connectivity index (χ4n) is 4.37. The normalized spacial score (nSPS) is 18.3. The Hall–Kier alpha value is -2.40. The first kappa shape index (κ1) is 24.7. The second-order valence-electron chi connectivity index (χ2n) is 8.46. The minimum atomic E-state index is -3.92. The molecule has 0 saturated carbocycles. The molecule has 2 fully saturated rings. The van der Waals surface area contributed by atoms with Crippen molar-refractivity contribution in [3.05, 3.63) is 53.7 Å². The van der Waals surface area contributed by atoms with E-state index in [2.05, 4.69) is 21.5 Å². The predicted molar refractivity (Wildman–Crippen MR) is 133 cm³/mol. The van der Waals surface area contributed by atoms with Crippen molar-refractivity contribution in [2.75, 3.05) is 63.8 Å². The van der Waals surface area contributed by atoms with Crippen molar-refractivity contribution >= 4 is 33.2 Å². The molecule has 0 aliphatic carbocycles. The molecule has 0 spiro atoms. The molecule has 2 aromatic rings. The number of benzene rings is 1. The van der Waals surface area contributed by atoms with E-state index in [1.165, 1.54) is 8.99 Å². The van der Waals surface area contributed by atoms with Gasteiger partial charge in [-0.3, -0.25) is 14.4 Å². The SMILES string of the molecule is C=CCN1CCN(C(=O)c2cn(CC)nc2S(=O)(=O)N2CCN(c3cccc(Cl)c3)CC2)CC1. The minimum absolute atomic E-state index is 0.149. The van der Waals surface area contributed by atoms with Crippen LogP contribution in [0, 0.1) is 0 Å². The third-order valence-corrected chi connectivity index (χ3v) is 8.40. The summed E-state index contributed by atoms with van der Waals surface area (Å²) in [7, 11) is -3.92. The van der Waals surface area contributed by atoms with Gasteiger partial charge in [0.2, 0.25) is 5.03 Å². The second kappa shape index (κ2) is 10.5. The van der Waals surface area contributed by atoms with Crippen LogP contribution in [-0.4, -0.2) is 97.1 Å². The van der Waals surface area contributed by atoms with Gasteiger partial charge in [-0.1, -0.05) is 23.7 Å². The number of halogens is 1. The molecule has 4 rings (SSSR count). The molecule has 2 aliphatic rings. The smallest absolute Gasteiger partial charge is 0.263 e. The highest BCUT2D eigenvalue weighted by molar-refractivity contribution is 7.89. The Kier molecular flexibility index (Phi) is 7.61. The van der Waals surface area contributed by atoms with Gasteiger partial charge in [0.25, 0.3) is 15.9 Å². The summed E-state index contributed by atoms with van der Waals surface area (Å²) in [5, 5.41) is 4.81. The van der Waals surface area contributed by atoms with Crippen LogP contribution >= 0.6 is 11.6 Å². The fraction of sp³-hybridized carbons (Fsp3) is 0.478. The van der Waals surface area contributed by atoms with Crippen molar-refractivity contribution < 1.29 is 13.2 Å². The van der Waals surface area contributed by atoms with Gasteiger partial charge in [0, 0.05) is 82.4 Å². The summed E-state index contributed by atoms with van der Waals surface area (Å²) in [5.74, 6) is -0.283. The molecule has 2 aliphatic heterocycles. The molecule has 1 amide bonds. The van der Waals surface area contributed by atoms with Gasteiger partial charge in [0.15, 0.2) is 0 Å². The predicted octanol–water partition coefficient (Wildman–Crippen LogP) is 2.01. The molecule has 9 nitrogen and oxygen atoms in total. The minimum Gasteiger partial charge on any atom is -0.369 e. The quantitative estimate of drug-likeness (QED) is 0.534. The van der Waals surface area contributed by atoms with Gasteiger partial charge in [-0.2, -0.15) is 9.40 Å². The Bertz CT molecular complexity index is 1140. The van der Waals surface area contributed by atoms with Crippen molar-refractivity contribution in [3.63, 3.8) is 0 Å². The second-order valence-corrected chi connectivity index (χ2v) is 10.7.